The molecule has 2 N–H and O–H groups in total. The van der Waals surface area contributed by atoms with Gasteiger partial charge in [0.15, 0.2) is 5.13 Å². The molecule has 10 nitrogen and oxygen atoms in total. The summed E-state index contributed by atoms with van der Waals surface area (Å²) in [5.41, 5.74) is 1.85. The second kappa shape index (κ2) is 12.1. The van der Waals surface area contributed by atoms with Crippen molar-refractivity contribution in [3.63, 3.8) is 0 Å². The Bertz CT molecular complexity index is 1430. The van der Waals surface area contributed by atoms with Crippen molar-refractivity contribution in [3.8, 4) is 16.4 Å². The topological polar surface area (TPSA) is 106 Å². The first kappa shape index (κ1) is 27.5. The number of hydrogen-bond donors (Lipinski definition) is 2. The van der Waals surface area contributed by atoms with Gasteiger partial charge in [-0.2, -0.15) is 13.2 Å². The lowest BCUT2D eigenvalue weighted by atomic mass is 9.85. The van der Waals surface area contributed by atoms with Crippen molar-refractivity contribution in [1.82, 2.24) is 35.1 Å². The molecule has 0 bridgehead atoms. The summed E-state index contributed by atoms with van der Waals surface area (Å²) in [7, 11) is 0. The molecule has 1 aliphatic heterocycles. The number of nitrogens with zero attached hydrogens (tertiary/aromatic N) is 7. The number of nitrogens with one attached hydrogen (secondary N) is 2. The minimum atomic E-state index is -4.13. The van der Waals surface area contributed by atoms with Crippen LogP contribution in [0.2, 0.25) is 0 Å². The summed E-state index contributed by atoms with van der Waals surface area (Å²) in [5.74, 6) is 0.480. The maximum atomic E-state index is 13.1. The summed E-state index contributed by atoms with van der Waals surface area (Å²) in [5, 5.41) is 20.1. The fraction of sp³-hybridized carbons (Fsp3) is 0.444. The molecule has 3 aromatic heterocycles. The van der Waals surface area contributed by atoms with Gasteiger partial charge in [0, 0.05) is 25.7 Å². The zero-order valence-corrected chi connectivity index (χ0v) is 23.0. The molecule has 0 radical (unpaired) electrons. The molecule has 4 aromatic rings. The number of aromatic nitrogens is 6. The molecule has 0 atom stereocenters. The van der Waals surface area contributed by atoms with Gasteiger partial charge in [-0.25, -0.2) is 9.97 Å². The molecular formula is C27H30F3N9OS. The summed E-state index contributed by atoms with van der Waals surface area (Å²) in [6, 6.07) is 13.4. The molecule has 1 saturated carbocycles. The third-order valence-electron chi connectivity index (χ3n) is 7.30. The van der Waals surface area contributed by atoms with Crippen LogP contribution in [0.3, 0.4) is 0 Å². The van der Waals surface area contributed by atoms with Crippen LogP contribution in [-0.2, 0) is 11.3 Å². The number of benzene rings is 1. The number of tetrazole rings is 1. The SMILES string of the molecule is FC(F)(F)[C@H]1CC[C@H](Nc2cc(CN3CCOCC3)cc(Nc3ncc(-c4nnn(-c5ccccc5)n4)s3)n2)CC1. The van der Waals surface area contributed by atoms with Gasteiger partial charge in [-0.3, -0.25) is 4.90 Å². The Labute approximate surface area is 239 Å². The van der Waals surface area contributed by atoms with E-state index in [1.807, 2.05) is 42.5 Å². The zero-order valence-electron chi connectivity index (χ0n) is 22.2. The van der Waals surface area contributed by atoms with Gasteiger partial charge in [0.05, 0.1) is 35.9 Å². The van der Waals surface area contributed by atoms with Gasteiger partial charge in [0.25, 0.3) is 0 Å². The van der Waals surface area contributed by atoms with E-state index in [1.54, 1.807) is 6.20 Å². The van der Waals surface area contributed by atoms with Crippen molar-refractivity contribution in [3.05, 3.63) is 54.2 Å². The highest BCUT2D eigenvalue weighted by atomic mass is 32.1. The minimum absolute atomic E-state index is 0.0580. The third kappa shape index (κ3) is 7.00. The van der Waals surface area contributed by atoms with Crippen LogP contribution in [0.1, 0.15) is 31.2 Å². The Morgan fingerprint density at radius 2 is 1.76 bits per heavy atom. The maximum Gasteiger partial charge on any atom is 0.391 e. The molecule has 2 fully saturated rings. The summed E-state index contributed by atoms with van der Waals surface area (Å²) in [6.07, 6.45) is -1.27. The normalized spacial score (nSPS) is 20.2. The summed E-state index contributed by atoms with van der Waals surface area (Å²) >= 11 is 1.38. The number of alkyl halides is 3. The van der Waals surface area contributed by atoms with E-state index >= 15 is 0 Å². The monoisotopic (exact) mass is 585 g/mol. The average molecular weight is 586 g/mol. The zero-order chi connectivity index (χ0) is 28.2. The van der Waals surface area contributed by atoms with E-state index in [0.717, 1.165) is 29.2 Å². The van der Waals surface area contributed by atoms with Gasteiger partial charge in [-0.05, 0) is 60.7 Å². The number of ether oxygens (including phenoxy) is 1. The lowest BCUT2D eigenvalue weighted by Crippen LogP contribution is -2.35. The molecule has 14 heteroatoms. The van der Waals surface area contributed by atoms with Gasteiger partial charge in [-0.1, -0.05) is 29.5 Å². The van der Waals surface area contributed by atoms with Gasteiger partial charge in [0.2, 0.25) is 5.82 Å². The number of thiazole rings is 1. The average Bonchev–Trinajstić information content (AvgIpc) is 3.64. The fourth-order valence-corrected chi connectivity index (χ4v) is 5.88. The maximum absolute atomic E-state index is 13.1. The quantitative estimate of drug-likeness (QED) is 0.285. The molecule has 6 rings (SSSR count). The van der Waals surface area contributed by atoms with E-state index in [-0.39, 0.29) is 18.9 Å². The van der Waals surface area contributed by atoms with Crippen LogP contribution in [0, 0.1) is 5.92 Å². The summed E-state index contributed by atoms with van der Waals surface area (Å²) in [4.78, 5) is 13.8. The number of para-hydroxylation sites is 1. The molecule has 0 amide bonds. The Morgan fingerprint density at radius 1 is 1.00 bits per heavy atom. The Hall–Kier alpha value is -3.62. The van der Waals surface area contributed by atoms with Gasteiger partial charge in [0.1, 0.15) is 11.6 Å². The molecule has 2 aliphatic rings. The van der Waals surface area contributed by atoms with Crippen molar-refractivity contribution in [2.24, 2.45) is 5.92 Å². The van der Waals surface area contributed by atoms with Crippen LogP contribution in [0.5, 0.6) is 0 Å². The van der Waals surface area contributed by atoms with E-state index in [1.165, 1.54) is 16.1 Å². The summed E-state index contributed by atoms with van der Waals surface area (Å²) in [6.45, 7) is 3.76. The lowest BCUT2D eigenvalue weighted by Gasteiger charge is -2.31. The Morgan fingerprint density at radius 3 is 2.51 bits per heavy atom. The minimum Gasteiger partial charge on any atom is -0.379 e. The second-order valence-electron chi connectivity index (χ2n) is 10.3. The standard InChI is InChI=1S/C27H30F3N9OS/c28-27(29,30)19-6-8-20(9-7-19)32-23-14-18(17-38-10-12-40-13-11-38)15-24(33-23)34-26-31-16-22(41-26)25-35-37-39(36-25)21-4-2-1-3-5-21/h1-5,14-16,19-20H,6-13,17H2,(H2,31,32,33,34)/t19-,20-. The number of morpholine rings is 1. The van der Waals surface area contributed by atoms with E-state index in [0.29, 0.717) is 55.2 Å². The molecule has 216 valence electrons. The predicted octanol–water partition coefficient (Wildman–Crippen LogP) is 5.29. The molecule has 41 heavy (non-hydrogen) atoms. The first-order chi connectivity index (χ1) is 19.9. The predicted molar refractivity (Wildman–Crippen MR) is 149 cm³/mol. The van der Waals surface area contributed by atoms with Gasteiger partial charge in [-0.15, -0.1) is 15.0 Å². The van der Waals surface area contributed by atoms with Crippen molar-refractivity contribution in [1.29, 1.82) is 0 Å². The smallest absolute Gasteiger partial charge is 0.379 e. The van der Waals surface area contributed by atoms with E-state index < -0.39 is 12.1 Å². The first-order valence-corrected chi connectivity index (χ1v) is 14.4. The highest BCUT2D eigenvalue weighted by molar-refractivity contribution is 7.18. The van der Waals surface area contributed by atoms with Crippen LogP contribution in [0.25, 0.3) is 16.4 Å². The Kier molecular flexibility index (Phi) is 8.12. The van der Waals surface area contributed by atoms with Crippen molar-refractivity contribution < 1.29 is 17.9 Å². The van der Waals surface area contributed by atoms with E-state index in [9.17, 15) is 13.2 Å². The molecule has 1 aromatic carbocycles. The molecule has 1 saturated heterocycles. The third-order valence-corrected chi connectivity index (χ3v) is 8.21. The first-order valence-electron chi connectivity index (χ1n) is 13.6. The Balaban J connectivity index is 1.18. The van der Waals surface area contributed by atoms with Gasteiger partial charge < -0.3 is 15.4 Å². The number of hydrogen-bond acceptors (Lipinski definition) is 10. The number of halogens is 3. The molecular weight excluding hydrogens is 555 g/mol. The molecule has 4 heterocycles. The van der Waals surface area contributed by atoms with E-state index in [4.69, 9.17) is 9.72 Å². The number of pyridine rings is 1. The van der Waals surface area contributed by atoms with Crippen LogP contribution in [-0.4, -0.2) is 73.6 Å². The molecule has 0 spiro atoms. The van der Waals surface area contributed by atoms with Crippen LogP contribution in [0.4, 0.5) is 29.9 Å². The van der Waals surface area contributed by atoms with Crippen molar-refractivity contribution in [2.45, 2.75) is 44.4 Å². The van der Waals surface area contributed by atoms with Crippen LogP contribution in [0.15, 0.2) is 48.7 Å². The summed E-state index contributed by atoms with van der Waals surface area (Å²) < 4.78 is 44.9. The van der Waals surface area contributed by atoms with Crippen molar-refractivity contribution >= 4 is 28.1 Å². The molecule has 1 aliphatic carbocycles. The van der Waals surface area contributed by atoms with Gasteiger partial charge >= 0.3 is 6.18 Å². The largest absolute Gasteiger partial charge is 0.391 e. The van der Waals surface area contributed by atoms with Crippen LogP contribution < -0.4 is 10.6 Å². The number of anilines is 3. The number of rotatable bonds is 8. The highest BCUT2D eigenvalue weighted by Crippen LogP contribution is 2.38. The van der Waals surface area contributed by atoms with Crippen LogP contribution >= 0.6 is 11.3 Å². The lowest BCUT2D eigenvalue weighted by molar-refractivity contribution is -0.182. The fourth-order valence-electron chi connectivity index (χ4n) is 5.14. The highest BCUT2D eigenvalue weighted by Gasteiger charge is 2.41. The van der Waals surface area contributed by atoms with E-state index in [2.05, 4.69) is 35.9 Å². The molecule has 0 unspecified atom stereocenters. The van der Waals surface area contributed by atoms with Crippen molar-refractivity contribution in [2.75, 3.05) is 36.9 Å². The second-order valence-corrected chi connectivity index (χ2v) is 11.3.